The first-order valence-electron chi connectivity index (χ1n) is 7.73. The third-order valence-corrected chi connectivity index (χ3v) is 4.53. The van der Waals surface area contributed by atoms with Crippen molar-refractivity contribution in [2.75, 3.05) is 45.7 Å². The second-order valence-electron chi connectivity index (χ2n) is 5.94. The SMILES string of the molecule is CN(C)CCN(C[C@H]1CCCO1)C(=O)Nc1ccc(Br)cc1Cl. The summed E-state index contributed by atoms with van der Waals surface area (Å²) in [6.45, 7) is 2.83. The number of amides is 2. The van der Waals surface area contributed by atoms with Crippen molar-refractivity contribution in [1.82, 2.24) is 9.80 Å². The molecule has 1 saturated heterocycles. The number of hydrogen-bond donors (Lipinski definition) is 1. The molecule has 1 aliphatic heterocycles. The molecule has 1 fully saturated rings. The summed E-state index contributed by atoms with van der Waals surface area (Å²) in [5.74, 6) is 0. The van der Waals surface area contributed by atoms with Crippen LogP contribution in [0.1, 0.15) is 12.8 Å². The number of nitrogens with zero attached hydrogens (tertiary/aromatic N) is 2. The van der Waals surface area contributed by atoms with E-state index in [-0.39, 0.29) is 12.1 Å². The Kier molecular flexibility index (Phi) is 7.14. The zero-order valence-electron chi connectivity index (χ0n) is 13.5. The van der Waals surface area contributed by atoms with Crippen LogP contribution in [-0.2, 0) is 4.74 Å². The molecule has 2 rings (SSSR count). The topological polar surface area (TPSA) is 44.8 Å². The average molecular weight is 405 g/mol. The molecule has 0 unspecified atom stereocenters. The van der Waals surface area contributed by atoms with Crippen LogP contribution in [0.15, 0.2) is 22.7 Å². The van der Waals surface area contributed by atoms with Crippen molar-refractivity contribution in [3.8, 4) is 0 Å². The van der Waals surface area contributed by atoms with Crippen LogP contribution in [0.3, 0.4) is 0 Å². The second kappa shape index (κ2) is 8.87. The number of nitrogens with one attached hydrogen (secondary N) is 1. The standard InChI is InChI=1S/C16H23BrClN3O2/c1-20(2)7-8-21(11-13-4-3-9-23-13)16(22)19-15-6-5-12(17)10-14(15)18/h5-6,10,13H,3-4,7-9,11H2,1-2H3,(H,19,22)/t13-/m1/s1. The summed E-state index contributed by atoms with van der Waals surface area (Å²) < 4.78 is 6.54. The summed E-state index contributed by atoms with van der Waals surface area (Å²) in [6, 6.07) is 5.26. The second-order valence-corrected chi connectivity index (χ2v) is 7.26. The maximum Gasteiger partial charge on any atom is 0.322 e. The number of anilines is 1. The van der Waals surface area contributed by atoms with Crippen LogP contribution in [0.5, 0.6) is 0 Å². The van der Waals surface area contributed by atoms with Gasteiger partial charge >= 0.3 is 6.03 Å². The molecule has 0 aromatic heterocycles. The van der Waals surface area contributed by atoms with Gasteiger partial charge in [0.2, 0.25) is 0 Å². The molecule has 0 bridgehead atoms. The average Bonchev–Trinajstić information content (AvgIpc) is 2.99. The van der Waals surface area contributed by atoms with Gasteiger partial charge in [-0.05, 0) is 45.1 Å². The Bertz CT molecular complexity index is 536. The van der Waals surface area contributed by atoms with E-state index in [9.17, 15) is 4.79 Å². The van der Waals surface area contributed by atoms with Crippen LogP contribution in [0.2, 0.25) is 5.02 Å². The van der Waals surface area contributed by atoms with Crippen molar-refractivity contribution in [3.05, 3.63) is 27.7 Å². The zero-order chi connectivity index (χ0) is 16.8. The van der Waals surface area contributed by atoms with E-state index in [4.69, 9.17) is 16.3 Å². The zero-order valence-corrected chi connectivity index (χ0v) is 15.9. The lowest BCUT2D eigenvalue weighted by Gasteiger charge is -2.27. The number of halogens is 2. The minimum absolute atomic E-state index is 0.128. The highest BCUT2D eigenvalue weighted by Gasteiger charge is 2.23. The Balaban J connectivity index is 2.01. The number of carbonyl (C=O) groups excluding carboxylic acids is 1. The van der Waals surface area contributed by atoms with E-state index in [0.717, 1.165) is 30.5 Å². The number of ether oxygens (including phenoxy) is 1. The smallest absolute Gasteiger partial charge is 0.322 e. The predicted molar refractivity (Wildman–Crippen MR) is 97.3 cm³/mol. The molecule has 2 amide bonds. The molecule has 1 atom stereocenters. The fourth-order valence-corrected chi connectivity index (χ4v) is 3.14. The molecule has 1 aliphatic rings. The summed E-state index contributed by atoms with van der Waals surface area (Å²) in [6.07, 6.45) is 2.19. The quantitative estimate of drug-likeness (QED) is 0.786. The van der Waals surface area contributed by atoms with E-state index in [1.165, 1.54) is 0 Å². The maximum absolute atomic E-state index is 12.6. The van der Waals surface area contributed by atoms with Gasteiger partial charge in [0, 0.05) is 30.7 Å². The van der Waals surface area contributed by atoms with Crippen LogP contribution >= 0.6 is 27.5 Å². The largest absolute Gasteiger partial charge is 0.376 e. The van der Waals surface area contributed by atoms with Gasteiger partial charge in [-0.15, -0.1) is 0 Å². The first kappa shape index (κ1) is 18.5. The van der Waals surface area contributed by atoms with E-state index in [1.54, 1.807) is 17.0 Å². The van der Waals surface area contributed by atoms with E-state index in [1.807, 2.05) is 20.2 Å². The molecule has 0 saturated carbocycles. The molecule has 0 spiro atoms. The summed E-state index contributed by atoms with van der Waals surface area (Å²) in [4.78, 5) is 16.5. The Labute approximate surface area is 151 Å². The van der Waals surface area contributed by atoms with Crippen molar-refractivity contribution >= 4 is 39.2 Å². The van der Waals surface area contributed by atoms with Crippen molar-refractivity contribution in [2.24, 2.45) is 0 Å². The fourth-order valence-electron chi connectivity index (χ4n) is 2.42. The number of benzene rings is 1. The van der Waals surface area contributed by atoms with E-state index < -0.39 is 0 Å². The van der Waals surface area contributed by atoms with Crippen molar-refractivity contribution < 1.29 is 9.53 Å². The summed E-state index contributed by atoms with van der Waals surface area (Å²) in [7, 11) is 3.99. The molecule has 1 aromatic carbocycles. The van der Waals surface area contributed by atoms with Gasteiger partial charge in [-0.1, -0.05) is 27.5 Å². The lowest BCUT2D eigenvalue weighted by molar-refractivity contribution is 0.0820. The summed E-state index contributed by atoms with van der Waals surface area (Å²) in [5, 5.41) is 3.41. The van der Waals surface area contributed by atoms with Crippen LogP contribution in [-0.4, -0.2) is 62.3 Å². The third-order valence-electron chi connectivity index (χ3n) is 3.73. The van der Waals surface area contributed by atoms with Crippen LogP contribution in [0.25, 0.3) is 0 Å². The Morgan fingerprint density at radius 2 is 2.22 bits per heavy atom. The van der Waals surface area contributed by atoms with Gasteiger partial charge in [0.15, 0.2) is 0 Å². The van der Waals surface area contributed by atoms with Crippen LogP contribution < -0.4 is 5.32 Å². The van der Waals surface area contributed by atoms with Crippen molar-refractivity contribution in [2.45, 2.75) is 18.9 Å². The van der Waals surface area contributed by atoms with Gasteiger partial charge < -0.3 is 19.9 Å². The Hall–Kier alpha value is -0.820. The number of carbonyl (C=O) groups is 1. The minimum atomic E-state index is -0.147. The molecular formula is C16H23BrClN3O2. The molecule has 0 radical (unpaired) electrons. The number of urea groups is 1. The lowest BCUT2D eigenvalue weighted by Crippen LogP contribution is -2.43. The predicted octanol–water partition coefficient (Wildman–Crippen LogP) is 3.68. The van der Waals surface area contributed by atoms with E-state index in [2.05, 4.69) is 26.1 Å². The first-order chi connectivity index (χ1) is 11.0. The number of hydrogen-bond acceptors (Lipinski definition) is 3. The van der Waals surface area contributed by atoms with Gasteiger partial charge in [0.05, 0.1) is 16.8 Å². The van der Waals surface area contributed by atoms with Crippen molar-refractivity contribution in [1.29, 1.82) is 0 Å². The fraction of sp³-hybridized carbons (Fsp3) is 0.562. The van der Waals surface area contributed by atoms with E-state index in [0.29, 0.717) is 23.8 Å². The molecule has 23 heavy (non-hydrogen) atoms. The van der Waals surface area contributed by atoms with Gasteiger partial charge in [-0.2, -0.15) is 0 Å². The highest BCUT2D eigenvalue weighted by atomic mass is 79.9. The molecule has 0 aliphatic carbocycles. The van der Waals surface area contributed by atoms with Crippen LogP contribution in [0.4, 0.5) is 10.5 Å². The molecule has 5 nitrogen and oxygen atoms in total. The number of likely N-dealkylation sites (N-methyl/N-ethyl adjacent to an activating group) is 1. The molecule has 1 aromatic rings. The molecule has 1 N–H and O–H groups in total. The Morgan fingerprint density at radius 3 is 2.83 bits per heavy atom. The molecule has 128 valence electrons. The minimum Gasteiger partial charge on any atom is -0.376 e. The Morgan fingerprint density at radius 1 is 1.43 bits per heavy atom. The molecule has 7 heteroatoms. The summed E-state index contributed by atoms with van der Waals surface area (Å²) >= 11 is 9.54. The van der Waals surface area contributed by atoms with Gasteiger partial charge in [-0.25, -0.2) is 4.79 Å². The van der Waals surface area contributed by atoms with Gasteiger partial charge in [-0.3, -0.25) is 0 Å². The van der Waals surface area contributed by atoms with E-state index >= 15 is 0 Å². The normalized spacial score (nSPS) is 17.5. The third kappa shape index (κ3) is 5.95. The van der Waals surface area contributed by atoms with Crippen molar-refractivity contribution in [3.63, 3.8) is 0 Å². The highest BCUT2D eigenvalue weighted by Crippen LogP contribution is 2.26. The number of rotatable bonds is 6. The monoisotopic (exact) mass is 403 g/mol. The molecular weight excluding hydrogens is 382 g/mol. The molecule has 1 heterocycles. The van der Waals surface area contributed by atoms with Gasteiger partial charge in [0.1, 0.15) is 0 Å². The highest BCUT2D eigenvalue weighted by molar-refractivity contribution is 9.10. The van der Waals surface area contributed by atoms with Gasteiger partial charge in [0.25, 0.3) is 0 Å². The maximum atomic E-state index is 12.6. The lowest BCUT2D eigenvalue weighted by atomic mass is 10.2. The first-order valence-corrected chi connectivity index (χ1v) is 8.90. The summed E-state index contributed by atoms with van der Waals surface area (Å²) in [5.41, 5.74) is 0.613. The van der Waals surface area contributed by atoms with Crippen LogP contribution in [0, 0.1) is 0 Å².